The Balaban J connectivity index is 2.17. The summed E-state index contributed by atoms with van der Waals surface area (Å²) in [6, 6.07) is 1.77. The predicted octanol–water partition coefficient (Wildman–Crippen LogP) is 3.22. The molecule has 0 saturated carbocycles. The number of anilines is 1. The van der Waals surface area contributed by atoms with Crippen molar-refractivity contribution in [1.82, 2.24) is 10.3 Å². The molecule has 1 aromatic heterocycles. The van der Waals surface area contributed by atoms with E-state index in [2.05, 4.69) is 38.5 Å². The van der Waals surface area contributed by atoms with Gasteiger partial charge in [-0.1, -0.05) is 24.9 Å². The van der Waals surface area contributed by atoms with Crippen LogP contribution in [0.3, 0.4) is 0 Å². The lowest BCUT2D eigenvalue weighted by atomic mass is 9.81. The minimum absolute atomic E-state index is 0.0288. The Labute approximate surface area is 126 Å². The molecule has 1 fully saturated rings. The molecule has 1 aliphatic heterocycles. The van der Waals surface area contributed by atoms with E-state index in [1.165, 1.54) is 0 Å². The molecule has 1 atom stereocenters. The number of hydrogen-bond donors (Lipinski definition) is 2. The Morgan fingerprint density at radius 2 is 2.47 bits per heavy atom. The lowest BCUT2D eigenvalue weighted by molar-refractivity contribution is -0.125. The van der Waals surface area contributed by atoms with Gasteiger partial charge < -0.3 is 10.6 Å². The summed E-state index contributed by atoms with van der Waals surface area (Å²) in [5.74, 6) is 0.0288. The smallest absolute Gasteiger partial charge is 0.232 e. The maximum absolute atomic E-state index is 12.5. The third-order valence-electron chi connectivity index (χ3n) is 3.51. The molecule has 1 aromatic rings. The number of carbonyl (C=O) groups excluding carboxylic acids is 1. The zero-order valence-corrected chi connectivity index (χ0v) is 13.1. The molecule has 1 amide bonds. The lowest BCUT2D eigenvalue weighted by Gasteiger charge is -2.26. The Bertz CT molecular complexity index is 475. The number of hydrogen-bond acceptors (Lipinski definition) is 3. The molecular weight excluding hydrogens is 330 g/mol. The molecule has 0 bridgehead atoms. The Morgan fingerprint density at radius 1 is 1.68 bits per heavy atom. The Morgan fingerprint density at radius 3 is 3.11 bits per heavy atom. The second-order valence-electron chi connectivity index (χ2n) is 4.90. The molecule has 0 radical (unpaired) electrons. The predicted molar refractivity (Wildman–Crippen MR) is 80.4 cm³/mol. The van der Waals surface area contributed by atoms with Gasteiger partial charge in [-0.3, -0.25) is 4.79 Å². The fourth-order valence-electron chi connectivity index (χ4n) is 2.51. The van der Waals surface area contributed by atoms with Crippen LogP contribution in [0.4, 0.5) is 5.69 Å². The van der Waals surface area contributed by atoms with Crippen LogP contribution in [0.2, 0.25) is 5.15 Å². The molecule has 2 N–H and O–H groups in total. The van der Waals surface area contributed by atoms with E-state index in [4.69, 9.17) is 11.6 Å². The van der Waals surface area contributed by atoms with Crippen molar-refractivity contribution < 1.29 is 4.79 Å². The highest BCUT2D eigenvalue weighted by Gasteiger charge is 2.40. The van der Waals surface area contributed by atoms with Crippen molar-refractivity contribution in [3.05, 3.63) is 21.9 Å². The van der Waals surface area contributed by atoms with Gasteiger partial charge in [0.15, 0.2) is 5.15 Å². The highest BCUT2D eigenvalue weighted by molar-refractivity contribution is 9.10. The van der Waals surface area contributed by atoms with E-state index in [0.29, 0.717) is 10.8 Å². The third-order valence-corrected chi connectivity index (χ3v) is 4.24. The molecular formula is C13H17BrClN3O. The number of nitrogens with one attached hydrogen (secondary N) is 2. The number of halogens is 2. The first-order valence-electron chi connectivity index (χ1n) is 6.40. The molecule has 2 heterocycles. The minimum Gasteiger partial charge on any atom is -0.323 e. The van der Waals surface area contributed by atoms with Crippen LogP contribution in [-0.4, -0.2) is 24.0 Å². The first kappa shape index (κ1) is 14.8. The number of amides is 1. The fraction of sp³-hybridized carbons (Fsp3) is 0.538. The van der Waals surface area contributed by atoms with Gasteiger partial charge >= 0.3 is 0 Å². The first-order valence-corrected chi connectivity index (χ1v) is 7.58. The highest BCUT2D eigenvalue weighted by Crippen LogP contribution is 2.33. The first-order chi connectivity index (χ1) is 9.07. The molecule has 0 spiro atoms. The van der Waals surface area contributed by atoms with E-state index >= 15 is 0 Å². The SMILES string of the molecule is CCCC1(C(=O)Nc2cc(Br)cnc2Cl)CCNC1. The van der Waals surface area contributed by atoms with Gasteiger partial charge in [0.1, 0.15) is 0 Å². The summed E-state index contributed by atoms with van der Waals surface area (Å²) in [6.45, 7) is 3.71. The topological polar surface area (TPSA) is 54.0 Å². The van der Waals surface area contributed by atoms with Gasteiger partial charge in [0.05, 0.1) is 11.1 Å². The summed E-state index contributed by atoms with van der Waals surface area (Å²) in [5, 5.41) is 6.50. The van der Waals surface area contributed by atoms with Gasteiger partial charge in [0.2, 0.25) is 5.91 Å². The van der Waals surface area contributed by atoms with Crippen LogP contribution in [0.25, 0.3) is 0 Å². The van der Waals surface area contributed by atoms with E-state index in [-0.39, 0.29) is 11.3 Å². The van der Waals surface area contributed by atoms with Crippen molar-refractivity contribution in [1.29, 1.82) is 0 Å². The second-order valence-corrected chi connectivity index (χ2v) is 6.18. The summed E-state index contributed by atoms with van der Waals surface area (Å²) in [7, 11) is 0. The van der Waals surface area contributed by atoms with Crippen molar-refractivity contribution in [2.45, 2.75) is 26.2 Å². The van der Waals surface area contributed by atoms with Crippen LogP contribution in [0, 0.1) is 5.41 Å². The second kappa shape index (κ2) is 6.20. The zero-order valence-electron chi connectivity index (χ0n) is 10.8. The van der Waals surface area contributed by atoms with Crippen LogP contribution < -0.4 is 10.6 Å². The van der Waals surface area contributed by atoms with Crippen LogP contribution in [0.1, 0.15) is 26.2 Å². The van der Waals surface area contributed by atoms with E-state index in [1.54, 1.807) is 12.3 Å². The van der Waals surface area contributed by atoms with Crippen molar-refractivity contribution >= 4 is 39.1 Å². The van der Waals surface area contributed by atoms with Gasteiger partial charge in [-0.2, -0.15) is 0 Å². The number of pyridine rings is 1. The summed E-state index contributed by atoms with van der Waals surface area (Å²) in [4.78, 5) is 16.6. The van der Waals surface area contributed by atoms with Crippen molar-refractivity contribution in [3.63, 3.8) is 0 Å². The van der Waals surface area contributed by atoms with Crippen LogP contribution in [0.5, 0.6) is 0 Å². The summed E-state index contributed by atoms with van der Waals surface area (Å²) in [5.41, 5.74) is 0.240. The van der Waals surface area contributed by atoms with Gasteiger partial charge in [0, 0.05) is 17.2 Å². The summed E-state index contributed by atoms with van der Waals surface area (Å²) < 4.78 is 0.793. The minimum atomic E-state index is -0.319. The molecule has 0 aliphatic carbocycles. The fourth-order valence-corrected chi connectivity index (χ4v) is 2.99. The van der Waals surface area contributed by atoms with Crippen LogP contribution in [0.15, 0.2) is 16.7 Å². The zero-order chi connectivity index (χ0) is 13.9. The largest absolute Gasteiger partial charge is 0.323 e. The monoisotopic (exact) mass is 345 g/mol. The molecule has 1 unspecified atom stereocenters. The Hall–Kier alpha value is -0.650. The normalized spacial score (nSPS) is 22.5. The summed E-state index contributed by atoms with van der Waals surface area (Å²) >= 11 is 9.34. The average molecular weight is 347 g/mol. The number of carbonyl (C=O) groups is 1. The maximum atomic E-state index is 12.5. The number of aromatic nitrogens is 1. The van der Waals surface area contributed by atoms with E-state index < -0.39 is 0 Å². The number of nitrogens with zero attached hydrogens (tertiary/aromatic N) is 1. The average Bonchev–Trinajstić information content (AvgIpc) is 2.84. The standard InChI is InChI=1S/C13H17BrClN3O/c1-2-3-13(4-5-16-8-13)12(19)18-10-6-9(14)7-17-11(10)15/h6-7,16H,2-5,8H2,1H3,(H,18,19). The van der Waals surface area contributed by atoms with E-state index in [0.717, 1.165) is 36.8 Å². The lowest BCUT2D eigenvalue weighted by Crippen LogP contribution is -2.38. The van der Waals surface area contributed by atoms with Crippen LogP contribution >= 0.6 is 27.5 Å². The molecule has 1 saturated heterocycles. The molecule has 4 nitrogen and oxygen atoms in total. The highest BCUT2D eigenvalue weighted by atomic mass is 79.9. The summed E-state index contributed by atoms with van der Waals surface area (Å²) in [6.07, 6.45) is 4.34. The van der Waals surface area contributed by atoms with Crippen molar-refractivity contribution in [2.24, 2.45) is 5.41 Å². The third kappa shape index (κ3) is 3.27. The van der Waals surface area contributed by atoms with Gasteiger partial charge in [0.25, 0.3) is 0 Å². The molecule has 6 heteroatoms. The molecule has 104 valence electrons. The molecule has 19 heavy (non-hydrogen) atoms. The van der Waals surface area contributed by atoms with Crippen molar-refractivity contribution in [2.75, 3.05) is 18.4 Å². The van der Waals surface area contributed by atoms with E-state index in [9.17, 15) is 4.79 Å². The Kier molecular flexibility index (Phi) is 4.81. The quantitative estimate of drug-likeness (QED) is 0.823. The maximum Gasteiger partial charge on any atom is 0.232 e. The number of rotatable bonds is 4. The molecule has 1 aliphatic rings. The van der Waals surface area contributed by atoms with Gasteiger partial charge in [-0.15, -0.1) is 0 Å². The van der Waals surface area contributed by atoms with E-state index in [1.807, 2.05) is 0 Å². The van der Waals surface area contributed by atoms with Crippen LogP contribution in [-0.2, 0) is 4.79 Å². The molecule has 0 aromatic carbocycles. The van der Waals surface area contributed by atoms with Gasteiger partial charge in [-0.05, 0) is 41.4 Å². The molecule has 2 rings (SSSR count). The van der Waals surface area contributed by atoms with Crippen molar-refractivity contribution in [3.8, 4) is 0 Å². The van der Waals surface area contributed by atoms with Gasteiger partial charge in [-0.25, -0.2) is 4.98 Å².